The Morgan fingerprint density at radius 3 is 0.975 bits per heavy atom. The number of nitrogens with two attached hydrogens (primary N) is 1. The Labute approximate surface area is 476 Å². The highest BCUT2D eigenvalue weighted by Crippen LogP contribution is 2.15. The topological polar surface area (TPSA) is 285 Å². The molecule has 0 aromatic rings. The number of ketones is 1. The molecule has 0 unspecified atom stereocenters. The first-order chi connectivity index (χ1) is 38.7. The number of carbonyl (C=O) groups is 4. The molecule has 80 heavy (non-hydrogen) atoms. The molecule has 1 atom stereocenters. The predicted molar refractivity (Wildman–Crippen MR) is 293 cm³/mol. The summed E-state index contributed by atoms with van der Waals surface area (Å²) in [4.78, 5) is 55.6. The number of carbonyl (C=O) groups excluding carboxylic acids is 4. The van der Waals surface area contributed by atoms with E-state index in [0.717, 1.165) is 25.9 Å². The minimum Gasteiger partial charge on any atom is -0.442 e. The van der Waals surface area contributed by atoms with E-state index in [-0.39, 0.29) is 51.1 Å². The number of hydrogen-bond donors (Lipinski definition) is 2. The van der Waals surface area contributed by atoms with Crippen LogP contribution < -0.4 is 11.1 Å². The monoisotopic (exact) mass is 1160 g/mol. The molecule has 474 valence electrons. The van der Waals surface area contributed by atoms with Gasteiger partial charge in [0.1, 0.15) is 17.8 Å². The molecular weight excluding hydrogens is 1060 g/mol. The summed E-state index contributed by atoms with van der Waals surface area (Å²) < 4.78 is 98.3. The van der Waals surface area contributed by atoms with Crippen molar-refractivity contribution in [3.8, 4) is 0 Å². The van der Waals surface area contributed by atoms with E-state index >= 15 is 0 Å². The van der Waals surface area contributed by atoms with Gasteiger partial charge in [-0.2, -0.15) is 0 Å². The average Bonchev–Trinajstić information content (AvgIpc) is 3.40. The van der Waals surface area contributed by atoms with E-state index in [9.17, 15) is 19.2 Å². The largest absolute Gasteiger partial charge is 0.444 e. The van der Waals surface area contributed by atoms with E-state index in [1.165, 1.54) is 0 Å². The third-order valence-corrected chi connectivity index (χ3v) is 9.74. The van der Waals surface area contributed by atoms with Gasteiger partial charge in [-0.3, -0.25) is 14.4 Å². The Kier molecular flexibility index (Phi) is 54.6. The smallest absolute Gasteiger partial charge is 0.442 e. The zero-order valence-electron chi connectivity index (χ0n) is 49.8. The summed E-state index contributed by atoms with van der Waals surface area (Å²) in [6, 6.07) is -0.599. The van der Waals surface area contributed by atoms with Gasteiger partial charge in [0, 0.05) is 19.6 Å². The Morgan fingerprint density at radius 2 is 0.675 bits per heavy atom. The molecule has 0 saturated carbocycles. The van der Waals surface area contributed by atoms with Crippen LogP contribution in [-0.4, -0.2) is 271 Å². The molecule has 0 aromatic carbocycles. The lowest BCUT2D eigenvalue weighted by Gasteiger charge is -2.27. The first-order valence-corrected chi connectivity index (χ1v) is 28.3. The van der Waals surface area contributed by atoms with Crippen LogP contribution in [0.15, 0.2) is 0 Å². The summed E-state index contributed by atoms with van der Waals surface area (Å²) in [5.41, 5.74) is 3.98. The number of Topliss-reactive ketones (excluding diaryl/α,β-unsaturated/α-hetero) is 1. The molecule has 0 rings (SSSR count). The Hall–Kier alpha value is -2.84. The molecule has 0 bridgehead atoms. The van der Waals surface area contributed by atoms with Crippen molar-refractivity contribution < 1.29 is 109 Å². The lowest BCUT2D eigenvalue weighted by atomic mass is 10.0. The lowest BCUT2D eigenvalue weighted by Crippen LogP contribution is -2.44. The van der Waals surface area contributed by atoms with Crippen LogP contribution in [0.25, 0.3) is 0 Å². The van der Waals surface area contributed by atoms with Gasteiger partial charge < -0.3 is 96.3 Å². The summed E-state index contributed by atoms with van der Waals surface area (Å²) in [6.45, 7) is 25.4. The number of imide groups is 1. The SMILES string of the molecule is CCCOCCOCCOCCOCCOCC(=O)N[C@@H](CCCCN)C(=O)CCCOCCOCCOCCOCCOCCOCCOCCOCCOCCOCCOCCON(C(=O)OC(C)(C)C)C(=O)OC(C)(C)C. The van der Waals surface area contributed by atoms with Crippen molar-refractivity contribution >= 4 is 23.9 Å². The number of hydrogen-bond acceptors (Lipinski definition) is 24. The fraction of sp³-hybridized carbons (Fsp3) is 0.926. The third kappa shape index (κ3) is 57.0. The van der Waals surface area contributed by atoms with Crippen LogP contribution in [0, 0.1) is 0 Å². The van der Waals surface area contributed by atoms with Gasteiger partial charge in [0.25, 0.3) is 0 Å². The number of ether oxygens (including phenoxy) is 18. The third-order valence-electron chi connectivity index (χ3n) is 9.74. The molecule has 0 aliphatic heterocycles. The zero-order valence-corrected chi connectivity index (χ0v) is 49.8. The van der Waals surface area contributed by atoms with Crippen LogP contribution in [0.3, 0.4) is 0 Å². The van der Waals surface area contributed by atoms with Gasteiger partial charge >= 0.3 is 12.2 Å². The van der Waals surface area contributed by atoms with Gasteiger partial charge in [-0.25, -0.2) is 9.59 Å². The maximum absolute atomic E-state index is 12.9. The van der Waals surface area contributed by atoms with Crippen molar-refractivity contribution in [3.05, 3.63) is 0 Å². The Bertz CT molecular complexity index is 1380. The normalized spacial score (nSPS) is 12.2. The summed E-state index contributed by atoms with van der Waals surface area (Å²) in [7, 11) is 0. The molecule has 26 heteroatoms. The van der Waals surface area contributed by atoms with Crippen molar-refractivity contribution in [2.75, 3.05) is 225 Å². The summed E-state index contributed by atoms with van der Waals surface area (Å²) >= 11 is 0. The average molecular weight is 1160 g/mol. The summed E-state index contributed by atoms with van der Waals surface area (Å²) in [5.74, 6) is -0.399. The van der Waals surface area contributed by atoms with Crippen LogP contribution in [-0.2, 0) is 99.7 Å². The highest BCUT2D eigenvalue weighted by Gasteiger charge is 2.32. The number of nitrogens with zero attached hydrogens (tertiary/aromatic N) is 1. The van der Waals surface area contributed by atoms with Gasteiger partial charge in [0.05, 0.1) is 204 Å². The Morgan fingerprint density at radius 1 is 0.388 bits per heavy atom. The van der Waals surface area contributed by atoms with Gasteiger partial charge in [-0.05, 0) is 80.2 Å². The number of rotatable bonds is 60. The van der Waals surface area contributed by atoms with Crippen molar-refractivity contribution in [2.45, 2.75) is 104 Å². The second-order valence-corrected chi connectivity index (χ2v) is 19.3. The molecule has 0 aliphatic rings. The Balaban J connectivity index is 3.57. The minimum atomic E-state index is -0.980. The van der Waals surface area contributed by atoms with Crippen LogP contribution >= 0.6 is 0 Å². The minimum absolute atomic E-state index is 0.0480. The fourth-order valence-electron chi connectivity index (χ4n) is 6.03. The fourth-order valence-corrected chi connectivity index (χ4v) is 6.03. The maximum Gasteiger partial charge on any atom is 0.444 e. The van der Waals surface area contributed by atoms with E-state index in [4.69, 9.17) is 95.8 Å². The van der Waals surface area contributed by atoms with Crippen molar-refractivity contribution in [3.63, 3.8) is 0 Å². The van der Waals surface area contributed by atoms with Crippen molar-refractivity contribution in [1.82, 2.24) is 10.4 Å². The maximum atomic E-state index is 12.9. The van der Waals surface area contributed by atoms with Crippen molar-refractivity contribution in [1.29, 1.82) is 0 Å². The van der Waals surface area contributed by atoms with Gasteiger partial charge in [0.2, 0.25) is 5.91 Å². The van der Waals surface area contributed by atoms with Crippen LogP contribution in [0.5, 0.6) is 0 Å². The molecule has 0 aliphatic carbocycles. The van der Waals surface area contributed by atoms with Crippen LogP contribution in [0.1, 0.15) is 87.0 Å². The van der Waals surface area contributed by atoms with E-state index in [1.54, 1.807) is 41.5 Å². The molecule has 3 amide bonds. The lowest BCUT2D eigenvalue weighted by molar-refractivity contribution is -0.148. The molecule has 0 radical (unpaired) electrons. The van der Waals surface area contributed by atoms with E-state index < -0.39 is 29.4 Å². The molecule has 0 aromatic heterocycles. The van der Waals surface area contributed by atoms with Gasteiger partial charge in [0.15, 0.2) is 5.78 Å². The van der Waals surface area contributed by atoms with Gasteiger partial charge in [-0.1, -0.05) is 12.0 Å². The second kappa shape index (κ2) is 56.6. The molecule has 0 spiro atoms. The molecular formula is C54H105N3O23. The van der Waals surface area contributed by atoms with E-state index in [2.05, 4.69) is 12.2 Å². The van der Waals surface area contributed by atoms with Gasteiger partial charge in [-0.15, -0.1) is 0 Å². The van der Waals surface area contributed by atoms with E-state index in [1.807, 2.05) is 0 Å². The molecule has 3 N–H and O–H groups in total. The molecule has 0 saturated heterocycles. The highest BCUT2D eigenvalue weighted by atomic mass is 16.8. The zero-order chi connectivity index (χ0) is 58.9. The molecule has 26 nitrogen and oxygen atoms in total. The highest BCUT2D eigenvalue weighted by molar-refractivity contribution is 5.89. The van der Waals surface area contributed by atoms with Crippen LogP contribution in [0.4, 0.5) is 9.59 Å². The summed E-state index contributed by atoms with van der Waals surface area (Å²) in [6.07, 6.45) is 1.85. The summed E-state index contributed by atoms with van der Waals surface area (Å²) in [5, 5.41) is 3.27. The number of hydroxylamine groups is 2. The standard InChI is InChI=1S/C54H105N3O23/c1-8-15-62-17-19-64-21-23-73-39-40-75-43-44-77-47-50(59)56-48(12-9-10-14-55)49(58)13-11-16-63-18-20-65-22-24-66-25-26-67-27-28-68-29-30-69-31-32-70-33-34-71-35-36-72-37-38-74-41-42-76-45-46-78-57(51(60)79-53(2,3)4)52(61)80-54(5,6)7/h48H,8-47,55H2,1-7H3,(H,56,59)/t48-/m0/s1. The molecule has 0 heterocycles. The van der Waals surface area contributed by atoms with Crippen LogP contribution in [0.2, 0.25) is 0 Å². The molecule has 0 fully saturated rings. The first-order valence-electron chi connectivity index (χ1n) is 28.3. The number of unbranched alkanes of at least 4 members (excludes halogenated alkanes) is 1. The van der Waals surface area contributed by atoms with Crippen molar-refractivity contribution in [2.24, 2.45) is 5.73 Å². The van der Waals surface area contributed by atoms with E-state index in [0.29, 0.717) is 203 Å². The first kappa shape index (κ1) is 77.2. The predicted octanol–water partition coefficient (Wildman–Crippen LogP) is 3.73. The second-order valence-electron chi connectivity index (χ2n) is 19.3. The quantitative estimate of drug-likeness (QED) is 0.0648. The number of nitrogens with one attached hydrogen (secondary N) is 1. The number of amides is 3.